The van der Waals surface area contributed by atoms with Crippen molar-refractivity contribution in [1.82, 2.24) is 5.32 Å². The van der Waals surface area contributed by atoms with E-state index in [-0.39, 0.29) is 18.0 Å². The molecule has 0 unspecified atom stereocenters. The standard InChI is InChI=1S/C20H26N2O4/c1-13(21-16-5-4-6-18-15(16)9-10-26-18)11-20(23)22-17-12-14(24-2)7-8-19(17)25-3/h7-10,12-13,16,21H,4-6,11H2,1-3H3,(H,22,23)/t13-,16-/m0/s1. The lowest BCUT2D eigenvalue weighted by atomic mass is 9.92. The van der Waals surface area contributed by atoms with E-state index >= 15 is 0 Å². The zero-order valence-corrected chi connectivity index (χ0v) is 15.5. The lowest BCUT2D eigenvalue weighted by Crippen LogP contribution is -2.35. The molecule has 0 saturated heterocycles. The van der Waals surface area contributed by atoms with Gasteiger partial charge in [-0.25, -0.2) is 0 Å². The van der Waals surface area contributed by atoms with Crippen LogP contribution in [0.2, 0.25) is 0 Å². The molecule has 0 saturated carbocycles. The number of hydrogen-bond acceptors (Lipinski definition) is 5. The summed E-state index contributed by atoms with van der Waals surface area (Å²) in [5, 5.41) is 6.47. The summed E-state index contributed by atoms with van der Waals surface area (Å²) < 4.78 is 16.1. The highest BCUT2D eigenvalue weighted by atomic mass is 16.5. The first kappa shape index (κ1) is 18.3. The smallest absolute Gasteiger partial charge is 0.226 e. The van der Waals surface area contributed by atoms with Crippen LogP contribution in [-0.2, 0) is 11.2 Å². The van der Waals surface area contributed by atoms with E-state index in [1.807, 2.05) is 13.0 Å². The number of hydrogen-bond donors (Lipinski definition) is 2. The van der Waals surface area contributed by atoms with Gasteiger partial charge in [0.2, 0.25) is 5.91 Å². The van der Waals surface area contributed by atoms with E-state index in [9.17, 15) is 4.79 Å². The van der Waals surface area contributed by atoms with E-state index in [1.165, 1.54) is 5.56 Å². The Balaban J connectivity index is 1.59. The Morgan fingerprint density at radius 3 is 2.92 bits per heavy atom. The van der Waals surface area contributed by atoms with E-state index < -0.39 is 0 Å². The lowest BCUT2D eigenvalue weighted by Gasteiger charge is -2.26. The minimum absolute atomic E-state index is 0.0393. The fourth-order valence-corrected chi connectivity index (χ4v) is 3.45. The zero-order chi connectivity index (χ0) is 18.5. The van der Waals surface area contributed by atoms with E-state index in [1.54, 1.807) is 38.7 Å². The van der Waals surface area contributed by atoms with Crippen LogP contribution in [0.3, 0.4) is 0 Å². The van der Waals surface area contributed by atoms with Gasteiger partial charge in [0.15, 0.2) is 0 Å². The molecule has 0 aliphatic heterocycles. The molecule has 3 rings (SSSR count). The molecule has 2 aromatic rings. The Bertz CT molecular complexity index is 756. The predicted octanol–water partition coefficient (Wildman–Crippen LogP) is 3.68. The van der Waals surface area contributed by atoms with E-state index in [2.05, 4.69) is 10.6 Å². The van der Waals surface area contributed by atoms with E-state index in [4.69, 9.17) is 13.9 Å². The van der Waals surface area contributed by atoms with Crippen LogP contribution in [0.4, 0.5) is 5.69 Å². The maximum absolute atomic E-state index is 12.5. The van der Waals surface area contributed by atoms with Crippen molar-refractivity contribution >= 4 is 11.6 Å². The van der Waals surface area contributed by atoms with Gasteiger partial charge in [-0.05, 0) is 38.0 Å². The molecular formula is C20H26N2O4. The van der Waals surface area contributed by atoms with Gasteiger partial charge in [0, 0.05) is 36.6 Å². The number of aryl methyl sites for hydroxylation is 1. The zero-order valence-electron chi connectivity index (χ0n) is 15.5. The van der Waals surface area contributed by atoms with Gasteiger partial charge in [0.05, 0.1) is 26.2 Å². The number of fused-ring (bicyclic) bond motifs is 1. The molecule has 1 amide bonds. The van der Waals surface area contributed by atoms with Crippen molar-refractivity contribution in [1.29, 1.82) is 0 Å². The summed E-state index contributed by atoms with van der Waals surface area (Å²) in [5.41, 5.74) is 1.83. The van der Waals surface area contributed by atoms with Gasteiger partial charge in [-0.1, -0.05) is 0 Å². The molecule has 2 N–H and O–H groups in total. The van der Waals surface area contributed by atoms with Crippen molar-refractivity contribution in [2.45, 2.75) is 44.7 Å². The van der Waals surface area contributed by atoms with Crippen LogP contribution < -0.4 is 20.1 Å². The maximum Gasteiger partial charge on any atom is 0.226 e. The molecule has 140 valence electrons. The molecule has 0 fully saturated rings. The Hall–Kier alpha value is -2.47. The fourth-order valence-electron chi connectivity index (χ4n) is 3.45. The SMILES string of the molecule is COc1ccc(OC)c(NC(=O)C[C@H](C)N[C@H]2CCCc3occc32)c1. The molecule has 1 aromatic heterocycles. The van der Waals surface area contributed by atoms with Crippen LogP contribution in [-0.4, -0.2) is 26.2 Å². The first-order valence-corrected chi connectivity index (χ1v) is 8.95. The van der Waals surface area contributed by atoms with Crippen molar-refractivity contribution in [3.63, 3.8) is 0 Å². The van der Waals surface area contributed by atoms with Gasteiger partial charge in [-0.15, -0.1) is 0 Å². The minimum Gasteiger partial charge on any atom is -0.497 e. The second-order valence-corrected chi connectivity index (χ2v) is 6.63. The number of methoxy groups -OCH3 is 2. The number of ether oxygens (including phenoxy) is 2. The average Bonchev–Trinajstić information content (AvgIpc) is 3.11. The molecule has 1 aliphatic rings. The van der Waals surface area contributed by atoms with Gasteiger partial charge in [-0.3, -0.25) is 4.79 Å². The van der Waals surface area contributed by atoms with E-state index in [0.29, 0.717) is 23.6 Å². The molecule has 0 spiro atoms. The second kappa shape index (κ2) is 8.27. The Morgan fingerprint density at radius 2 is 2.15 bits per heavy atom. The molecule has 1 aliphatic carbocycles. The Labute approximate surface area is 153 Å². The minimum atomic E-state index is -0.0696. The largest absolute Gasteiger partial charge is 0.497 e. The van der Waals surface area contributed by atoms with Crippen molar-refractivity contribution in [2.75, 3.05) is 19.5 Å². The summed E-state index contributed by atoms with van der Waals surface area (Å²) >= 11 is 0. The van der Waals surface area contributed by atoms with Crippen LogP contribution in [0.1, 0.15) is 43.6 Å². The molecule has 1 aromatic carbocycles. The number of furan rings is 1. The van der Waals surface area contributed by atoms with Crippen molar-refractivity contribution < 1.29 is 18.7 Å². The Morgan fingerprint density at radius 1 is 1.31 bits per heavy atom. The van der Waals surface area contributed by atoms with Gasteiger partial charge in [0.1, 0.15) is 17.3 Å². The van der Waals surface area contributed by atoms with Crippen molar-refractivity contribution in [3.8, 4) is 11.5 Å². The predicted molar refractivity (Wildman–Crippen MR) is 99.8 cm³/mol. The number of benzene rings is 1. The highest BCUT2D eigenvalue weighted by Gasteiger charge is 2.24. The topological polar surface area (TPSA) is 72.7 Å². The summed E-state index contributed by atoms with van der Waals surface area (Å²) in [6.45, 7) is 2.02. The van der Waals surface area contributed by atoms with Crippen molar-refractivity contribution in [3.05, 3.63) is 41.9 Å². The molecule has 6 nitrogen and oxygen atoms in total. The van der Waals surface area contributed by atoms with Crippen LogP contribution in [0, 0.1) is 0 Å². The van der Waals surface area contributed by atoms with Crippen LogP contribution in [0.5, 0.6) is 11.5 Å². The number of amides is 1. The normalized spacial score (nSPS) is 17.3. The van der Waals surface area contributed by atoms with Crippen LogP contribution in [0.15, 0.2) is 34.9 Å². The van der Waals surface area contributed by atoms with Gasteiger partial charge >= 0.3 is 0 Å². The maximum atomic E-state index is 12.5. The number of carbonyl (C=O) groups excluding carboxylic acids is 1. The molecule has 26 heavy (non-hydrogen) atoms. The van der Waals surface area contributed by atoms with Crippen LogP contribution >= 0.6 is 0 Å². The molecule has 6 heteroatoms. The lowest BCUT2D eigenvalue weighted by molar-refractivity contribution is -0.116. The highest BCUT2D eigenvalue weighted by molar-refractivity contribution is 5.92. The quantitative estimate of drug-likeness (QED) is 0.790. The van der Waals surface area contributed by atoms with E-state index in [0.717, 1.165) is 25.0 Å². The van der Waals surface area contributed by atoms with Gasteiger partial charge < -0.3 is 24.5 Å². The molecule has 2 atom stereocenters. The first-order valence-electron chi connectivity index (χ1n) is 8.95. The van der Waals surface area contributed by atoms with Crippen LogP contribution in [0.25, 0.3) is 0 Å². The molecule has 0 bridgehead atoms. The molecule has 1 heterocycles. The molecular weight excluding hydrogens is 332 g/mol. The summed E-state index contributed by atoms with van der Waals surface area (Å²) in [6.07, 6.45) is 5.26. The third-order valence-corrected chi connectivity index (χ3v) is 4.71. The third-order valence-electron chi connectivity index (χ3n) is 4.71. The fraction of sp³-hybridized carbons (Fsp3) is 0.450. The number of nitrogens with one attached hydrogen (secondary N) is 2. The summed E-state index contributed by atoms with van der Waals surface area (Å²) in [5.74, 6) is 2.27. The number of anilines is 1. The third kappa shape index (κ3) is 4.19. The second-order valence-electron chi connectivity index (χ2n) is 6.63. The average molecular weight is 358 g/mol. The monoisotopic (exact) mass is 358 g/mol. The summed E-state index contributed by atoms with van der Waals surface area (Å²) in [4.78, 5) is 12.5. The highest BCUT2D eigenvalue weighted by Crippen LogP contribution is 2.31. The van der Waals surface area contributed by atoms with Gasteiger partial charge in [-0.2, -0.15) is 0 Å². The summed E-state index contributed by atoms with van der Waals surface area (Å²) in [7, 11) is 3.17. The first-order chi connectivity index (χ1) is 12.6. The molecule has 0 radical (unpaired) electrons. The number of carbonyl (C=O) groups is 1. The van der Waals surface area contributed by atoms with Gasteiger partial charge in [0.25, 0.3) is 0 Å². The summed E-state index contributed by atoms with van der Waals surface area (Å²) in [6, 6.07) is 7.64. The Kier molecular flexibility index (Phi) is 5.83. The van der Waals surface area contributed by atoms with Crippen molar-refractivity contribution in [2.24, 2.45) is 0 Å². The number of rotatable bonds is 7.